The summed E-state index contributed by atoms with van der Waals surface area (Å²) < 4.78 is 4.52. The van der Waals surface area contributed by atoms with Crippen LogP contribution in [0, 0.1) is 27.7 Å². The Morgan fingerprint density at radius 2 is 0.955 bits per heavy atom. The molecule has 0 N–H and O–H groups in total. The fourth-order valence-electron chi connectivity index (χ4n) is 2.80. The van der Waals surface area contributed by atoms with Crippen molar-refractivity contribution in [2.75, 3.05) is 0 Å². The van der Waals surface area contributed by atoms with Gasteiger partial charge in [0.2, 0.25) is 0 Å². The van der Waals surface area contributed by atoms with Crippen LogP contribution in [0.15, 0.2) is 30.0 Å². The van der Waals surface area contributed by atoms with Crippen LogP contribution in [0.3, 0.4) is 0 Å². The molecule has 0 saturated carbocycles. The highest BCUT2D eigenvalue weighted by atomic mass is 79.9. The van der Waals surface area contributed by atoms with Gasteiger partial charge in [0.25, 0.3) is 0 Å². The number of halogens is 4. The molecule has 22 heavy (non-hydrogen) atoms. The smallest absolute Gasteiger partial charge is 0.0349 e. The van der Waals surface area contributed by atoms with Gasteiger partial charge in [-0.3, -0.25) is 0 Å². The molecule has 118 valence electrons. The van der Waals surface area contributed by atoms with Crippen LogP contribution in [0.4, 0.5) is 0 Å². The Labute approximate surface area is 166 Å². The fraction of sp³-hybridized carbons (Fsp3) is 0.333. The molecule has 0 aliphatic rings. The SMILES string of the molecule is Cc1c(C(C)c2cc(Br)c(Br)c(C)c2C)cc(Br)c(Br)c1C. The maximum absolute atomic E-state index is 3.67. The van der Waals surface area contributed by atoms with Gasteiger partial charge in [-0.25, -0.2) is 0 Å². The molecule has 0 heterocycles. The average molecular weight is 554 g/mol. The Morgan fingerprint density at radius 3 is 1.27 bits per heavy atom. The van der Waals surface area contributed by atoms with E-state index in [1.165, 1.54) is 33.4 Å². The van der Waals surface area contributed by atoms with Crippen LogP contribution in [0.1, 0.15) is 46.2 Å². The summed E-state index contributed by atoms with van der Waals surface area (Å²) in [5.74, 6) is 0.339. The zero-order valence-corrected chi connectivity index (χ0v) is 19.6. The zero-order valence-electron chi connectivity index (χ0n) is 13.2. The van der Waals surface area contributed by atoms with E-state index in [-0.39, 0.29) is 0 Å². The maximum Gasteiger partial charge on any atom is 0.0349 e. The molecule has 0 unspecified atom stereocenters. The first-order chi connectivity index (χ1) is 10.2. The lowest BCUT2D eigenvalue weighted by Gasteiger charge is -2.22. The second-order valence-electron chi connectivity index (χ2n) is 5.74. The maximum atomic E-state index is 3.67. The predicted molar refractivity (Wildman–Crippen MR) is 110 cm³/mol. The first-order valence-corrected chi connectivity index (χ1v) is 10.2. The quantitative estimate of drug-likeness (QED) is 0.352. The van der Waals surface area contributed by atoms with E-state index in [4.69, 9.17) is 0 Å². The van der Waals surface area contributed by atoms with E-state index in [0.717, 1.165) is 17.9 Å². The minimum absolute atomic E-state index is 0.339. The molecule has 0 bridgehead atoms. The molecule has 2 rings (SSSR count). The highest BCUT2D eigenvalue weighted by Gasteiger charge is 2.19. The van der Waals surface area contributed by atoms with Gasteiger partial charge in [-0.15, -0.1) is 0 Å². The van der Waals surface area contributed by atoms with Crippen molar-refractivity contribution >= 4 is 63.7 Å². The van der Waals surface area contributed by atoms with Crippen LogP contribution in [-0.4, -0.2) is 0 Å². The van der Waals surface area contributed by atoms with Gasteiger partial charge >= 0.3 is 0 Å². The molecular formula is C18H18Br4. The van der Waals surface area contributed by atoms with E-state index >= 15 is 0 Å². The lowest BCUT2D eigenvalue weighted by atomic mass is 9.85. The minimum atomic E-state index is 0.339. The molecule has 0 radical (unpaired) electrons. The Balaban J connectivity index is 2.66. The molecule has 0 aliphatic carbocycles. The summed E-state index contributed by atoms with van der Waals surface area (Å²) in [6, 6.07) is 4.48. The van der Waals surface area contributed by atoms with Crippen molar-refractivity contribution in [3.8, 4) is 0 Å². The van der Waals surface area contributed by atoms with Crippen molar-refractivity contribution < 1.29 is 0 Å². The van der Waals surface area contributed by atoms with Crippen molar-refractivity contribution in [2.45, 2.75) is 40.5 Å². The van der Waals surface area contributed by atoms with Crippen molar-refractivity contribution in [3.63, 3.8) is 0 Å². The Morgan fingerprint density at radius 1 is 0.636 bits per heavy atom. The van der Waals surface area contributed by atoms with Gasteiger partial charge in [0.15, 0.2) is 0 Å². The summed E-state index contributed by atoms with van der Waals surface area (Å²) in [7, 11) is 0. The highest BCUT2D eigenvalue weighted by molar-refractivity contribution is 9.13. The summed E-state index contributed by atoms with van der Waals surface area (Å²) >= 11 is 14.6. The van der Waals surface area contributed by atoms with E-state index in [0.29, 0.717) is 5.92 Å². The van der Waals surface area contributed by atoms with Crippen LogP contribution in [0.25, 0.3) is 0 Å². The van der Waals surface area contributed by atoms with Crippen molar-refractivity contribution in [2.24, 2.45) is 0 Å². The first-order valence-electron chi connectivity index (χ1n) is 7.07. The molecule has 0 spiro atoms. The number of rotatable bonds is 2. The number of hydrogen-bond donors (Lipinski definition) is 0. The summed E-state index contributed by atoms with van der Waals surface area (Å²) in [4.78, 5) is 0. The summed E-state index contributed by atoms with van der Waals surface area (Å²) in [5, 5.41) is 0. The monoisotopic (exact) mass is 550 g/mol. The third-order valence-electron chi connectivity index (χ3n) is 4.57. The standard InChI is InChI=1S/C18H18Br4/c1-8-10(3)17(21)15(19)6-13(8)12(5)14-7-16(20)18(22)11(4)9(14)2/h6-7,12H,1-5H3. The molecular weight excluding hydrogens is 536 g/mol. The topological polar surface area (TPSA) is 0 Å². The summed E-state index contributed by atoms with van der Waals surface area (Å²) in [5.41, 5.74) is 8.01. The van der Waals surface area contributed by atoms with Gasteiger partial charge in [0.05, 0.1) is 0 Å². The van der Waals surface area contributed by atoms with Crippen molar-refractivity contribution in [1.82, 2.24) is 0 Å². The van der Waals surface area contributed by atoms with E-state index in [1.54, 1.807) is 0 Å². The van der Waals surface area contributed by atoms with Gasteiger partial charge in [0.1, 0.15) is 0 Å². The highest BCUT2D eigenvalue weighted by Crippen LogP contribution is 2.40. The van der Waals surface area contributed by atoms with Gasteiger partial charge in [-0.05, 0) is 137 Å². The van der Waals surface area contributed by atoms with Crippen LogP contribution >= 0.6 is 63.7 Å². The molecule has 2 aromatic carbocycles. The molecule has 0 fully saturated rings. The first kappa shape index (κ1) is 18.7. The van der Waals surface area contributed by atoms with Crippen LogP contribution in [0.5, 0.6) is 0 Å². The van der Waals surface area contributed by atoms with Gasteiger partial charge in [-0.2, -0.15) is 0 Å². The van der Waals surface area contributed by atoms with E-state index in [9.17, 15) is 0 Å². The van der Waals surface area contributed by atoms with E-state index < -0.39 is 0 Å². The molecule has 0 aliphatic heterocycles. The lowest BCUT2D eigenvalue weighted by Crippen LogP contribution is -2.05. The second kappa shape index (κ2) is 7.08. The van der Waals surface area contributed by atoms with Gasteiger partial charge in [-0.1, -0.05) is 6.92 Å². The van der Waals surface area contributed by atoms with Gasteiger partial charge < -0.3 is 0 Å². The third-order valence-corrected chi connectivity index (χ3v) is 8.93. The van der Waals surface area contributed by atoms with Crippen molar-refractivity contribution in [1.29, 1.82) is 0 Å². The molecule has 0 atom stereocenters. The Bertz CT molecular complexity index is 684. The normalized spacial score (nSPS) is 11.4. The zero-order chi connectivity index (χ0) is 16.8. The molecule has 4 heteroatoms. The van der Waals surface area contributed by atoms with Crippen molar-refractivity contribution in [3.05, 3.63) is 63.4 Å². The molecule has 0 saturated heterocycles. The Kier molecular flexibility index (Phi) is 6.02. The van der Waals surface area contributed by atoms with Crippen LogP contribution in [0.2, 0.25) is 0 Å². The third kappa shape index (κ3) is 3.26. The molecule has 0 aromatic heterocycles. The largest absolute Gasteiger partial charge is 0.0543 e. The minimum Gasteiger partial charge on any atom is -0.0543 e. The lowest BCUT2D eigenvalue weighted by molar-refractivity contribution is 0.887. The number of hydrogen-bond acceptors (Lipinski definition) is 0. The molecule has 0 amide bonds. The summed E-state index contributed by atoms with van der Waals surface area (Å²) in [6.07, 6.45) is 0. The second-order valence-corrected chi connectivity index (χ2v) is 9.04. The van der Waals surface area contributed by atoms with Crippen LogP contribution < -0.4 is 0 Å². The molecule has 2 aromatic rings. The van der Waals surface area contributed by atoms with E-state index in [2.05, 4.69) is 110 Å². The summed E-state index contributed by atoms with van der Waals surface area (Å²) in [6.45, 7) is 11.0. The average Bonchev–Trinajstić information content (AvgIpc) is 2.49. The number of benzene rings is 2. The fourth-order valence-corrected chi connectivity index (χ4v) is 4.72. The molecule has 0 nitrogen and oxygen atoms in total. The predicted octanol–water partition coefficient (Wildman–Crippen LogP) is 8.12. The van der Waals surface area contributed by atoms with E-state index in [1.807, 2.05) is 0 Å². The Hall–Kier alpha value is 0.360. The van der Waals surface area contributed by atoms with Gasteiger partial charge in [0, 0.05) is 23.8 Å². The van der Waals surface area contributed by atoms with Crippen LogP contribution in [-0.2, 0) is 0 Å².